The quantitative estimate of drug-likeness (QED) is 0.622. The van der Waals surface area contributed by atoms with Gasteiger partial charge in [0.2, 0.25) is 5.91 Å². The van der Waals surface area contributed by atoms with Crippen molar-refractivity contribution in [2.75, 3.05) is 32.9 Å². The van der Waals surface area contributed by atoms with Gasteiger partial charge in [0.15, 0.2) is 0 Å². The molecule has 2 aliphatic rings. The van der Waals surface area contributed by atoms with Crippen molar-refractivity contribution in [1.82, 2.24) is 4.90 Å². The third-order valence-corrected chi connectivity index (χ3v) is 3.07. The summed E-state index contributed by atoms with van der Waals surface area (Å²) in [5.74, 6) is 0.452. The first-order valence-corrected chi connectivity index (χ1v) is 5.42. The largest absolute Gasteiger partial charge is 0.381 e. The third-order valence-electron chi connectivity index (χ3n) is 3.07. The minimum atomic E-state index is 0.00205. The van der Waals surface area contributed by atoms with E-state index in [9.17, 15) is 4.79 Å². The Morgan fingerprint density at radius 2 is 2.33 bits per heavy atom. The maximum absolute atomic E-state index is 11.4. The lowest BCUT2D eigenvalue weighted by Crippen LogP contribution is -2.47. The van der Waals surface area contributed by atoms with Crippen LogP contribution in [-0.4, -0.2) is 49.8 Å². The molecular weight excluding hydrogens is 194 g/mol. The maximum Gasteiger partial charge on any atom is 0.246 e. The first kappa shape index (κ1) is 10.6. The summed E-state index contributed by atoms with van der Waals surface area (Å²) in [5, 5.41) is 0. The molecule has 2 atom stereocenters. The molecule has 0 radical (unpaired) electrons. The van der Waals surface area contributed by atoms with Crippen LogP contribution in [0.3, 0.4) is 0 Å². The minimum absolute atomic E-state index is 0.00205. The van der Waals surface area contributed by atoms with Crippen LogP contribution in [0.15, 0.2) is 12.7 Å². The van der Waals surface area contributed by atoms with E-state index >= 15 is 0 Å². The lowest BCUT2D eigenvalue weighted by molar-refractivity contribution is -0.135. The fraction of sp³-hybridized carbons (Fsp3) is 0.727. The number of rotatable bonds is 2. The summed E-state index contributed by atoms with van der Waals surface area (Å²) in [4.78, 5) is 13.3. The average Bonchev–Trinajstić information content (AvgIpc) is 2.82. The smallest absolute Gasteiger partial charge is 0.246 e. The van der Waals surface area contributed by atoms with Crippen LogP contribution >= 0.6 is 0 Å². The van der Waals surface area contributed by atoms with Gasteiger partial charge in [0.25, 0.3) is 0 Å². The molecule has 2 heterocycles. The SMILES string of the molecule is C=CC(=O)N1CCOC(C2CCOC2)C1. The number of amides is 1. The van der Waals surface area contributed by atoms with E-state index in [0.717, 1.165) is 19.6 Å². The molecule has 84 valence electrons. The molecule has 0 aromatic rings. The molecule has 15 heavy (non-hydrogen) atoms. The molecule has 2 unspecified atom stereocenters. The fourth-order valence-corrected chi connectivity index (χ4v) is 2.14. The van der Waals surface area contributed by atoms with E-state index in [1.165, 1.54) is 6.08 Å². The van der Waals surface area contributed by atoms with Gasteiger partial charge in [-0.1, -0.05) is 6.58 Å². The topological polar surface area (TPSA) is 38.8 Å². The lowest BCUT2D eigenvalue weighted by atomic mass is 10.0. The van der Waals surface area contributed by atoms with Crippen molar-refractivity contribution >= 4 is 5.91 Å². The Labute approximate surface area is 89.8 Å². The molecule has 0 aromatic heterocycles. The van der Waals surface area contributed by atoms with Crippen molar-refractivity contribution < 1.29 is 14.3 Å². The summed E-state index contributed by atoms with van der Waals surface area (Å²) < 4.78 is 11.0. The van der Waals surface area contributed by atoms with Crippen LogP contribution < -0.4 is 0 Å². The molecule has 2 rings (SSSR count). The van der Waals surface area contributed by atoms with Gasteiger partial charge in [0.1, 0.15) is 0 Å². The van der Waals surface area contributed by atoms with E-state index in [0.29, 0.717) is 25.6 Å². The monoisotopic (exact) mass is 211 g/mol. The Morgan fingerprint density at radius 3 is 3.00 bits per heavy atom. The second kappa shape index (κ2) is 4.77. The Kier molecular flexibility index (Phi) is 3.38. The van der Waals surface area contributed by atoms with E-state index in [2.05, 4.69) is 6.58 Å². The number of carbonyl (C=O) groups excluding carboxylic acids is 1. The number of hydrogen-bond donors (Lipinski definition) is 0. The lowest BCUT2D eigenvalue weighted by Gasteiger charge is -2.34. The number of carbonyl (C=O) groups is 1. The van der Waals surface area contributed by atoms with Crippen molar-refractivity contribution in [2.24, 2.45) is 5.92 Å². The molecular formula is C11H17NO3. The second-order valence-electron chi connectivity index (χ2n) is 4.02. The number of ether oxygens (including phenoxy) is 2. The molecule has 0 aromatic carbocycles. The van der Waals surface area contributed by atoms with Crippen molar-refractivity contribution in [3.8, 4) is 0 Å². The number of nitrogens with zero attached hydrogens (tertiary/aromatic N) is 1. The van der Waals surface area contributed by atoms with Gasteiger partial charge in [-0.25, -0.2) is 0 Å². The molecule has 2 fully saturated rings. The molecule has 1 amide bonds. The molecule has 2 aliphatic heterocycles. The van der Waals surface area contributed by atoms with Gasteiger partial charge < -0.3 is 14.4 Å². The van der Waals surface area contributed by atoms with Crippen LogP contribution in [0, 0.1) is 5.92 Å². The summed E-state index contributed by atoms with van der Waals surface area (Å²) >= 11 is 0. The third kappa shape index (κ3) is 2.38. The maximum atomic E-state index is 11.4. The van der Waals surface area contributed by atoms with Crippen LogP contribution in [0.25, 0.3) is 0 Å². The summed E-state index contributed by atoms with van der Waals surface area (Å²) in [7, 11) is 0. The standard InChI is InChI=1S/C11H17NO3/c1-2-11(13)12-4-6-15-10(7-12)9-3-5-14-8-9/h2,9-10H,1,3-8H2. The van der Waals surface area contributed by atoms with Crippen LogP contribution in [-0.2, 0) is 14.3 Å². The Morgan fingerprint density at radius 1 is 1.47 bits per heavy atom. The Balaban J connectivity index is 1.91. The molecule has 4 nitrogen and oxygen atoms in total. The van der Waals surface area contributed by atoms with Crippen LogP contribution in [0.2, 0.25) is 0 Å². The fourth-order valence-electron chi connectivity index (χ4n) is 2.14. The number of hydrogen-bond acceptors (Lipinski definition) is 3. The second-order valence-corrected chi connectivity index (χ2v) is 4.02. The van der Waals surface area contributed by atoms with Crippen LogP contribution in [0.4, 0.5) is 0 Å². The molecule has 4 heteroatoms. The van der Waals surface area contributed by atoms with Crippen LogP contribution in [0.1, 0.15) is 6.42 Å². The summed E-state index contributed by atoms with van der Waals surface area (Å²) in [6.07, 6.45) is 2.55. The van der Waals surface area contributed by atoms with Crippen molar-refractivity contribution in [2.45, 2.75) is 12.5 Å². The van der Waals surface area contributed by atoms with E-state index in [1.807, 2.05) is 0 Å². The average molecular weight is 211 g/mol. The van der Waals surface area contributed by atoms with E-state index in [4.69, 9.17) is 9.47 Å². The molecule has 0 aliphatic carbocycles. The number of morpholine rings is 1. The van der Waals surface area contributed by atoms with E-state index < -0.39 is 0 Å². The Hall–Kier alpha value is -0.870. The normalized spacial score (nSPS) is 31.6. The molecule has 2 saturated heterocycles. The van der Waals surface area contributed by atoms with E-state index in [-0.39, 0.29) is 12.0 Å². The molecule has 0 bridgehead atoms. The van der Waals surface area contributed by atoms with Crippen molar-refractivity contribution in [3.63, 3.8) is 0 Å². The summed E-state index contributed by atoms with van der Waals surface area (Å²) in [6, 6.07) is 0. The van der Waals surface area contributed by atoms with Gasteiger partial charge in [-0.3, -0.25) is 4.79 Å². The highest BCUT2D eigenvalue weighted by atomic mass is 16.5. The summed E-state index contributed by atoms with van der Waals surface area (Å²) in [5.41, 5.74) is 0. The summed E-state index contributed by atoms with van der Waals surface area (Å²) in [6.45, 7) is 7.07. The van der Waals surface area contributed by atoms with E-state index in [1.54, 1.807) is 4.90 Å². The van der Waals surface area contributed by atoms with Crippen molar-refractivity contribution in [1.29, 1.82) is 0 Å². The van der Waals surface area contributed by atoms with Crippen molar-refractivity contribution in [3.05, 3.63) is 12.7 Å². The highest BCUT2D eigenvalue weighted by Gasteiger charge is 2.31. The molecule has 0 spiro atoms. The zero-order chi connectivity index (χ0) is 10.7. The minimum Gasteiger partial charge on any atom is -0.381 e. The van der Waals surface area contributed by atoms with Crippen LogP contribution in [0.5, 0.6) is 0 Å². The first-order chi connectivity index (χ1) is 7.31. The zero-order valence-corrected chi connectivity index (χ0v) is 8.85. The van der Waals surface area contributed by atoms with Gasteiger partial charge >= 0.3 is 0 Å². The van der Waals surface area contributed by atoms with Gasteiger partial charge in [-0.05, 0) is 12.5 Å². The first-order valence-electron chi connectivity index (χ1n) is 5.42. The zero-order valence-electron chi connectivity index (χ0n) is 8.85. The highest BCUT2D eigenvalue weighted by Crippen LogP contribution is 2.22. The van der Waals surface area contributed by atoms with Gasteiger partial charge in [0.05, 0.1) is 19.3 Å². The predicted octanol–water partition coefficient (Wildman–Crippen LogP) is 0.436. The predicted molar refractivity (Wildman–Crippen MR) is 55.4 cm³/mol. The molecule has 0 saturated carbocycles. The van der Waals surface area contributed by atoms with Gasteiger partial charge in [-0.2, -0.15) is 0 Å². The highest BCUT2D eigenvalue weighted by molar-refractivity contribution is 5.87. The molecule has 0 N–H and O–H groups in total. The Bertz CT molecular complexity index is 248. The van der Waals surface area contributed by atoms with Gasteiger partial charge in [0, 0.05) is 25.6 Å². The van der Waals surface area contributed by atoms with Gasteiger partial charge in [-0.15, -0.1) is 0 Å².